The number of rotatable bonds is 5. The number of para-hydroxylation sites is 7. The Morgan fingerprint density at radius 3 is 1.96 bits per heavy atom. The van der Waals surface area contributed by atoms with E-state index in [0.29, 0.717) is 0 Å². The Hall–Kier alpha value is -7.70. The van der Waals surface area contributed by atoms with Crippen molar-refractivity contribution < 1.29 is 18.3 Å². The molecule has 0 atom stereocenters. The van der Waals surface area contributed by atoms with E-state index in [1.165, 1.54) is 0 Å². The lowest BCUT2D eigenvalue weighted by atomic mass is 10.0. The molecule has 0 radical (unpaired) electrons. The monoisotopic (exact) mass is 736 g/mol. The van der Waals surface area contributed by atoms with Crippen LogP contribution in [0.15, 0.2) is 179 Å². The summed E-state index contributed by atoms with van der Waals surface area (Å²) in [4.78, 5) is 2.27. The highest BCUT2D eigenvalue weighted by molar-refractivity contribution is 6.25. The van der Waals surface area contributed by atoms with E-state index in [1.54, 1.807) is 0 Å². The van der Waals surface area contributed by atoms with Gasteiger partial charge in [-0.1, -0.05) is 66.7 Å². The van der Waals surface area contributed by atoms with E-state index in [9.17, 15) is 0 Å². The molecule has 3 heterocycles. The van der Waals surface area contributed by atoms with Crippen LogP contribution >= 0.6 is 0 Å². The van der Waals surface area contributed by atoms with Gasteiger partial charge in [0.15, 0.2) is 17.2 Å². The second kappa shape index (κ2) is 12.2. The average molecular weight is 737 g/mol. The molecule has 12 rings (SSSR count). The third kappa shape index (κ3) is 5.04. The molecule has 11 aromatic rings. The van der Waals surface area contributed by atoms with Crippen molar-refractivity contribution in [1.29, 1.82) is 0 Å². The summed E-state index contributed by atoms with van der Waals surface area (Å²) in [6, 6.07) is 58.1. The van der Waals surface area contributed by atoms with Gasteiger partial charge in [-0.05, 0) is 137 Å². The summed E-state index contributed by atoms with van der Waals surface area (Å²) in [6.07, 6.45) is 0. The first kappa shape index (κ1) is 31.6. The number of nitrogens with one attached hydrogen (secondary N) is 1. The maximum absolute atomic E-state index is 6.83. The molecule has 0 fully saturated rings. The van der Waals surface area contributed by atoms with Gasteiger partial charge in [-0.25, -0.2) is 0 Å². The van der Waals surface area contributed by atoms with Crippen LogP contribution in [0, 0.1) is 6.92 Å². The predicted molar refractivity (Wildman–Crippen MR) is 232 cm³/mol. The van der Waals surface area contributed by atoms with E-state index < -0.39 is 0 Å². The number of ether oxygens (including phenoxy) is 2. The van der Waals surface area contributed by atoms with E-state index >= 15 is 0 Å². The van der Waals surface area contributed by atoms with Gasteiger partial charge in [0, 0.05) is 27.5 Å². The van der Waals surface area contributed by atoms with E-state index in [4.69, 9.17) is 18.3 Å². The van der Waals surface area contributed by atoms with Crippen LogP contribution in [0.5, 0.6) is 23.0 Å². The van der Waals surface area contributed by atoms with Gasteiger partial charge in [0.25, 0.3) is 0 Å². The van der Waals surface area contributed by atoms with Crippen LogP contribution in [0.25, 0.3) is 65.4 Å². The first-order valence-electron chi connectivity index (χ1n) is 19.1. The summed E-state index contributed by atoms with van der Waals surface area (Å²) in [6.45, 7) is 2.12. The molecule has 2 aromatic heterocycles. The molecule has 6 nitrogen and oxygen atoms in total. The summed E-state index contributed by atoms with van der Waals surface area (Å²) in [5, 5.41) is 12.2. The summed E-state index contributed by atoms with van der Waals surface area (Å²) in [5.74, 6) is 3.20. The molecule has 1 N–H and O–H groups in total. The normalized spacial score (nSPS) is 12.4. The number of aryl methyl sites for hydroxylation is 1. The second-order valence-electron chi connectivity index (χ2n) is 14.7. The Labute approximate surface area is 326 Å². The van der Waals surface area contributed by atoms with Crippen LogP contribution < -0.4 is 19.7 Å². The Morgan fingerprint density at radius 2 is 1.16 bits per heavy atom. The Bertz CT molecular complexity index is 3370. The Morgan fingerprint density at radius 1 is 0.509 bits per heavy atom. The number of anilines is 5. The Balaban J connectivity index is 0.953. The zero-order valence-corrected chi connectivity index (χ0v) is 30.7. The zero-order valence-electron chi connectivity index (χ0n) is 30.7. The lowest BCUT2D eigenvalue weighted by molar-refractivity contribution is 0.477. The van der Waals surface area contributed by atoms with Crippen molar-refractivity contribution in [3.8, 4) is 23.0 Å². The molecule has 0 unspecified atom stereocenters. The first-order chi connectivity index (χ1) is 28.1. The van der Waals surface area contributed by atoms with Crippen LogP contribution in [0.4, 0.5) is 28.4 Å². The van der Waals surface area contributed by atoms with Gasteiger partial charge in [0.05, 0.1) is 22.4 Å². The molecule has 9 aromatic carbocycles. The number of fused-ring (bicyclic) bond motifs is 11. The van der Waals surface area contributed by atoms with Gasteiger partial charge >= 0.3 is 0 Å². The number of benzene rings is 9. The fraction of sp³-hybridized carbons (Fsp3) is 0.0196. The topological polar surface area (TPSA) is 60.0 Å². The maximum Gasteiger partial charge on any atom is 0.151 e. The van der Waals surface area contributed by atoms with Crippen molar-refractivity contribution in [1.82, 2.24) is 0 Å². The lowest BCUT2D eigenvalue weighted by Gasteiger charge is -2.32. The highest BCUT2D eigenvalue weighted by Gasteiger charge is 2.26. The van der Waals surface area contributed by atoms with Gasteiger partial charge in [-0.15, -0.1) is 0 Å². The largest absolute Gasteiger partial charge is 0.456 e. The van der Waals surface area contributed by atoms with Crippen LogP contribution in [-0.2, 0) is 0 Å². The highest BCUT2D eigenvalue weighted by atomic mass is 16.5. The minimum atomic E-state index is 0.754. The van der Waals surface area contributed by atoms with Crippen molar-refractivity contribution in [2.45, 2.75) is 6.92 Å². The van der Waals surface area contributed by atoms with Gasteiger partial charge in [0.1, 0.15) is 28.1 Å². The molecule has 1 aliphatic heterocycles. The van der Waals surface area contributed by atoms with Crippen LogP contribution in [0.1, 0.15) is 5.56 Å². The molecule has 0 bridgehead atoms. The van der Waals surface area contributed by atoms with Crippen molar-refractivity contribution in [2.75, 3.05) is 10.2 Å². The highest BCUT2D eigenvalue weighted by Crippen LogP contribution is 2.51. The SMILES string of the molecule is Cc1cc2c3cc4ccc(N5c6ccccc6Oc6ccccc65)cc4cc3oc2c2c1oc1cc3cc(Nc4ccccc4Oc4ccccc4)ccc3cc12. The fourth-order valence-electron chi connectivity index (χ4n) is 8.43. The van der Waals surface area contributed by atoms with Crippen LogP contribution in [0.2, 0.25) is 0 Å². The molecule has 0 amide bonds. The molecule has 1 aliphatic rings. The minimum Gasteiger partial charge on any atom is -0.456 e. The van der Waals surface area contributed by atoms with Crippen molar-refractivity contribution in [2.24, 2.45) is 0 Å². The first-order valence-corrected chi connectivity index (χ1v) is 19.1. The molecular weight excluding hydrogens is 705 g/mol. The van der Waals surface area contributed by atoms with Gasteiger partial charge < -0.3 is 28.5 Å². The van der Waals surface area contributed by atoms with E-state index in [2.05, 4.69) is 96.0 Å². The summed E-state index contributed by atoms with van der Waals surface area (Å²) in [5.41, 5.74) is 9.30. The molecule has 0 saturated carbocycles. The molecule has 0 spiro atoms. The third-order valence-corrected chi connectivity index (χ3v) is 11.1. The van der Waals surface area contributed by atoms with E-state index in [0.717, 1.165) is 122 Å². The van der Waals surface area contributed by atoms with Gasteiger partial charge in [-0.2, -0.15) is 0 Å². The predicted octanol–water partition coefficient (Wildman–Crippen LogP) is 15.2. The maximum atomic E-state index is 6.83. The summed E-state index contributed by atoms with van der Waals surface area (Å²) >= 11 is 0. The average Bonchev–Trinajstić information content (AvgIpc) is 3.79. The minimum absolute atomic E-state index is 0.754. The van der Waals surface area contributed by atoms with Gasteiger partial charge in [0.2, 0.25) is 0 Å². The molecule has 270 valence electrons. The summed E-state index contributed by atoms with van der Waals surface area (Å²) < 4.78 is 26.0. The lowest BCUT2D eigenvalue weighted by Crippen LogP contribution is -2.15. The van der Waals surface area contributed by atoms with E-state index in [1.807, 2.05) is 91.0 Å². The standard InChI is InChI=1S/C51H32N2O4/c1-30-23-39-38-26-32-20-22-36(53-42-14-6-9-17-45(42)55-46-18-10-7-15-43(46)53)25-34(32)29-47(38)57-51(39)49-40-27-31-19-21-35(24-33(31)28-48(40)56-50(30)49)52-41-13-5-8-16-44(41)54-37-11-3-2-4-12-37/h2-29,52H,1H3. The zero-order chi connectivity index (χ0) is 37.6. The van der Waals surface area contributed by atoms with Crippen molar-refractivity contribution in [3.05, 3.63) is 175 Å². The molecule has 0 aliphatic carbocycles. The molecule has 57 heavy (non-hydrogen) atoms. The van der Waals surface area contributed by atoms with Crippen molar-refractivity contribution >= 4 is 93.9 Å². The number of furan rings is 2. The molecule has 0 saturated heterocycles. The molecule has 6 heteroatoms. The fourth-order valence-corrected chi connectivity index (χ4v) is 8.43. The quantitative estimate of drug-likeness (QED) is 0.190. The second-order valence-corrected chi connectivity index (χ2v) is 14.7. The smallest absolute Gasteiger partial charge is 0.151 e. The number of hydrogen-bond donors (Lipinski definition) is 1. The number of nitrogens with zero attached hydrogens (tertiary/aromatic N) is 1. The molecular formula is C51H32N2O4. The van der Waals surface area contributed by atoms with E-state index in [-0.39, 0.29) is 0 Å². The Kier molecular flexibility index (Phi) is 6.74. The van der Waals surface area contributed by atoms with Crippen molar-refractivity contribution in [3.63, 3.8) is 0 Å². The summed E-state index contributed by atoms with van der Waals surface area (Å²) in [7, 11) is 0. The van der Waals surface area contributed by atoms with Gasteiger partial charge in [-0.3, -0.25) is 0 Å². The van der Waals surface area contributed by atoms with Crippen LogP contribution in [0.3, 0.4) is 0 Å². The number of hydrogen-bond acceptors (Lipinski definition) is 6. The third-order valence-electron chi connectivity index (χ3n) is 11.1. The van der Waals surface area contributed by atoms with Crippen LogP contribution in [-0.4, -0.2) is 0 Å².